The molecule has 0 aliphatic carbocycles. The van der Waals surface area contributed by atoms with Gasteiger partial charge in [0.05, 0.1) is 11.0 Å². The highest BCUT2D eigenvalue weighted by atomic mass is 127. The fourth-order valence-electron chi connectivity index (χ4n) is 2.69. The van der Waals surface area contributed by atoms with E-state index in [0.29, 0.717) is 37.9 Å². The van der Waals surface area contributed by atoms with Crippen molar-refractivity contribution in [3.8, 4) is 0 Å². The number of benzene rings is 1. The molecule has 2 rings (SSSR count). The molecule has 0 saturated carbocycles. The van der Waals surface area contributed by atoms with Crippen molar-refractivity contribution < 1.29 is 14.7 Å². The highest BCUT2D eigenvalue weighted by Gasteiger charge is 2.41. The summed E-state index contributed by atoms with van der Waals surface area (Å²) in [5.41, 5.74) is -0.0275. The number of aliphatic carboxylic acids is 1. The van der Waals surface area contributed by atoms with Gasteiger partial charge in [-0.15, -0.1) is 0 Å². The van der Waals surface area contributed by atoms with Gasteiger partial charge in [0.1, 0.15) is 0 Å². The Kier molecular flexibility index (Phi) is 5.29. The van der Waals surface area contributed by atoms with Gasteiger partial charge in [-0.25, -0.2) is 0 Å². The highest BCUT2D eigenvalue weighted by Crippen LogP contribution is 2.36. The zero-order valence-electron chi connectivity index (χ0n) is 11.7. The summed E-state index contributed by atoms with van der Waals surface area (Å²) >= 11 is 5.59. The van der Waals surface area contributed by atoms with Crippen LogP contribution in [0.15, 0.2) is 22.7 Å². The second-order valence-corrected chi connectivity index (χ2v) is 7.46. The number of rotatable bonds is 3. The number of hydrogen-bond acceptors (Lipinski definition) is 2. The quantitative estimate of drug-likeness (QED) is 0.691. The molecular formula is C15H17BrINO3. The lowest BCUT2D eigenvalue weighted by Crippen LogP contribution is -2.46. The lowest BCUT2D eigenvalue weighted by molar-refractivity contribution is -0.152. The van der Waals surface area contributed by atoms with Crippen LogP contribution in [0.5, 0.6) is 0 Å². The van der Waals surface area contributed by atoms with Crippen LogP contribution < -0.4 is 0 Å². The molecule has 0 atom stereocenters. The van der Waals surface area contributed by atoms with Gasteiger partial charge in [0, 0.05) is 21.1 Å². The number of halogens is 2. The molecule has 1 amide bonds. The summed E-state index contributed by atoms with van der Waals surface area (Å²) in [5, 5.41) is 9.40. The maximum absolute atomic E-state index is 12.6. The maximum Gasteiger partial charge on any atom is 0.309 e. The van der Waals surface area contributed by atoms with Crippen molar-refractivity contribution >= 4 is 50.4 Å². The van der Waals surface area contributed by atoms with Crippen LogP contribution in [0, 0.1) is 8.99 Å². The molecule has 1 saturated heterocycles. The summed E-state index contributed by atoms with van der Waals surface area (Å²) < 4.78 is 1.78. The summed E-state index contributed by atoms with van der Waals surface area (Å²) in [6.45, 7) is 2.90. The van der Waals surface area contributed by atoms with E-state index in [1.165, 1.54) is 0 Å². The van der Waals surface area contributed by atoms with E-state index in [9.17, 15) is 14.7 Å². The van der Waals surface area contributed by atoms with Crippen molar-refractivity contribution in [2.75, 3.05) is 13.1 Å². The molecule has 1 aliphatic rings. The number of carboxylic acids is 1. The van der Waals surface area contributed by atoms with Crippen molar-refractivity contribution in [1.29, 1.82) is 0 Å². The molecule has 1 aromatic rings. The smallest absolute Gasteiger partial charge is 0.309 e. The van der Waals surface area contributed by atoms with Gasteiger partial charge >= 0.3 is 5.97 Å². The van der Waals surface area contributed by atoms with E-state index in [-0.39, 0.29) is 5.91 Å². The maximum atomic E-state index is 12.6. The van der Waals surface area contributed by atoms with Crippen molar-refractivity contribution in [1.82, 2.24) is 4.90 Å². The molecule has 0 spiro atoms. The molecule has 21 heavy (non-hydrogen) atoms. The van der Waals surface area contributed by atoms with Crippen LogP contribution in [0.3, 0.4) is 0 Å². The minimum Gasteiger partial charge on any atom is -0.481 e. The Morgan fingerprint density at radius 1 is 1.38 bits per heavy atom. The summed E-state index contributed by atoms with van der Waals surface area (Å²) in [4.78, 5) is 25.8. The van der Waals surface area contributed by atoms with Crippen molar-refractivity contribution in [3.05, 3.63) is 31.8 Å². The van der Waals surface area contributed by atoms with Crippen LogP contribution in [0.2, 0.25) is 0 Å². The van der Waals surface area contributed by atoms with E-state index in [1.807, 2.05) is 25.1 Å². The zero-order chi connectivity index (χ0) is 15.6. The predicted molar refractivity (Wildman–Crippen MR) is 92.4 cm³/mol. The first-order chi connectivity index (χ1) is 9.89. The van der Waals surface area contributed by atoms with Crippen molar-refractivity contribution in [3.63, 3.8) is 0 Å². The Balaban J connectivity index is 2.13. The van der Waals surface area contributed by atoms with Gasteiger partial charge in [0.2, 0.25) is 0 Å². The summed E-state index contributed by atoms with van der Waals surface area (Å²) in [6.07, 6.45) is 1.65. The fraction of sp³-hybridized carbons (Fsp3) is 0.467. The van der Waals surface area contributed by atoms with Gasteiger partial charge in [-0.05, 0) is 76.0 Å². The Morgan fingerprint density at radius 2 is 2.00 bits per heavy atom. The average molecular weight is 466 g/mol. The third kappa shape index (κ3) is 3.41. The zero-order valence-corrected chi connectivity index (χ0v) is 15.5. The lowest BCUT2D eigenvalue weighted by Gasteiger charge is -2.38. The average Bonchev–Trinajstić information content (AvgIpc) is 2.49. The molecule has 0 bridgehead atoms. The number of carbonyl (C=O) groups is 2. The van der Waals surface area contributed by atoms with Gasteiger partial charge in [0.15, 0.2) is 0 Å². The van der Waals surface area contributed by atoms with E-state index in [1.54, 1.807) is 4.90 Å². The molecule has 0 unspecified atom stereocenters. The third-order valence-electron chi connectivity index (χ3n) is 4.30. The Labute approximate surface area is 146 Å². The van der Waals surface area contributed by atoms with E-state index in [4.69, 9.17) is 0 Å². The van der Waals surface area contributed by atoms with Gasteiger partial charge in [0.25, 0.3) is 5.91 Å². The van der Waals surface area contributed by atoms with Crippen LogP contribution >= 0.6 is 38.5 Å². The molecular weight excluding hydrogens is 449 g/mol. The minimum atomic E-state index is -0.743. The molecule has 114 valence electrons. The number of carboxylic acid groups (broad SMARTS) is 1. The molecule has 1 N–H and O–H groups in total. The molecule has 1 aromatic carbocycles. The summed E-state index contributed by atoms with van der Waals surface area (Å²) in [6, 6.07) is 5.66. The molecule has 0 radical (unpaired) electrons. The predicted octanol–water partition coefficient (Wildman–Crippen LogP) is 3.77. The van der Waals surface area contributed by atoms with E-state index in [0.717, 1.165) is 8.04 Å². The molecule has 1 aliphatic heterocycles. The summed E-state index contributed by atoms with van der Waals surface area (Å²) in [7, 11) is 0. The topological polar surface area (TPSA) is 57.6 Å². The Morgan fingerprint density at radius 3 is 2.52 bits per heavy atom. The molecule has 4 nitrogen and oxygen atoms in total. The number of piperidine rings is 1. The van der Waals surface area contributed by atoms with E-state index >= 15 is 0 Å². The molecule has 0 aromatic heterocycles. The lowest BCUT2D eigenvalue weighted by atomic mass is 9.76. The first kappa shape index (κ1) is 16.7. The number of likely N-dealkylation sites (tertiary alicyclic amines) is 1. The molecule has 1 fully saturated rings. The highest BCUT2D eigenvalue weighted by molar-refractivity contribution is 14.1. The first-order valence-corrected chi connectivity index (χ1v) is 8.74. The van der Waals surface area contributed by atoms with Crippen molar-refractivity contribution in [2.45, 2.75) is 26.2 Å². The third-order valence-corrected chi connectivity index (χ3v) is 5.66. The van der Waals surface area contributed by atoms with Crippen molar-refractivity contribution in [2.24, 2.45) is 5.41 Å². The Bertz CT molecular complexity index is 568. The SMILES string of the molecule is CCC1(C(=O)O)CCN(C(=O)c2cc(I)ccc2Br)CC1. The second kappa shape index (κ2) is 6.64. The Hall–Kier alpha value is -0.630. The molecule has 6 heteroatoms. The van der Waals surface area contributed by atoms with Gasteiger partial charge in [-0.1, -0.05) is 6.92 Å². The largest absolute Gasteiger partial charge is 0.481 e. The first-order valence-electron chi connectivity index (χ1n) is 6.87. The van der Waals surface area contributed by atoms with Gasteiger partial charge in [-0.3, -0.25) is 9.59 Å². The number of carbonyl (C=O) groups excluding carboxylic acids is 1. The normalized spacial score (nSPS) is 17.6. The second-order valence-electron chi connectivity index (χ2n) is 5.36. The van der Waals surface area contributed by atoms with Crippen LogP contribution in [0.25, 0.3) is 0 Å². The fourth-order valence-corrected chi connectivity index (χ4v) is 3.60. The standard InChI is InChI=1S/C15H17BrINO3/c1-2-15(14(20)21)5-7-18(8-6-15)13(19)11-9-10(17)3-4-12(11)16/h3-4,9H,2,5-8H2,1H3,(H,20,21). The van der Waals surface area contributed by atoms with Gasteiger partial charge < -0.3 is 10.0 Å². The number of nitrogens with zero attached hydrogens (tertiary/aromatic N) is 1. The minimum absolute atomic E-state index is 0.0320. The summed E-state index contributed by atoms with van der Waals surface area (Å²) in [5.74, 6) is -0.775. The monoisotopic (exact) mass is 465 g/mol. The van der Waals surface area contributed by atoms with E-state index in [2.05, 4.69) is 38.5 Å². The number of amides is 1. The number of hydrogen-bond donors (Lipinski definition) is 1. The van der Waals surface area contributed by atoms with Crippen LogP contribution in [-0.2, 0) is 4.79 Å². The molecule has 1 heterocycles. The van der Waals surface area contributed by atoms with Crippen LogP contribution in [0.1, 0.15) is 36.5 Å². The van der Waals surface area contributed by atoms with E-state index < -0.39 is 11.4 Å². The van der Waals surface area contributed by atoms with Crippen LogP contribution in [0.4, 0.5) is 0 Å². The van der Waals surface area contributed by atoms with Gasteiger partial charge in [-0.2, -0.15) is 0 Å². The van der Waals surface area contributed by atoms with Crippen LogP contribution in [-0.4, -0.2) is 35.0 Å².